The monoisotopic (exact) mass is 356 g/mol. The summed E-state index contributed by atoms with van der Waals surface area (Å²) in [6.45, 7) is 4.10. The zero-order chi connectivity index (χ0) is 18.5. The predicted molar refractivity (Wildman–Crippen MR) is 99.8 cm³/mol. The third kappa shape index (κ3) is 4.36. The lowest BCUT2D eigenvalue weighted by molar-refractivity contribution is 0.0694. The number of nitrogens with zero attached hydrogens (tertiary/aromatic N) is 4. The molecule has 3 rings (SSSR count). The maximum absolute atomic E-state index is 12.6. The number of pyridine rings is 1. The Kier molecular flexibility index (Phi) is 6.14. The molecule has 1 atom stereocenters. The van der Waals surface area contributed by atoms with Crippen LogP contribution >= 0.6 is 0 Å². The summed E-state index contributed by atoms with van der Waals surface area (Å²) in [5, 5.41) is 18.5. The molecule has 1 unspecified atom stereocenters. The highest BCUT2D eigenvalue weighted by atomic mass is 16.3. The minimum absolute atomic E-state index is 0.0303. The molecule has 6 nitrogen and oxygen atoms in total. The topological polar surface area (TPSA) is 80.9 Å². The summed E-state index contributed by atoms with van der Waals surface area (Å²) >= 11 is 0. The number of ketones is 1. The third-order valence-electron chi connectivity index (χ3n) is 5.25. The smallest absolute Gasteiger partial charge is 0.182 e. The van der Waals surface area contributed by atoms with Gasteiger partial charge in [0.25, 0.3) is 0 Å². The maximum atomic E-state index is 12.6. The Bertz CT molecular complexity index is 735. The lowest BCUT2D eigenvalue weighted by Crippen LogP contribution is -2.23. The molecular formula is C20H28N4O2. The summed E-state index contributed by atoms with van der Waals surface area (Å²) < 4.78 is 1.93. The number of carbonyl (C=O) groups is 1. The lowest BCUT2D eigenvalue weighted by Gasteiger charge is -2.26. The zero-order valence-corrected chi connectivity index (χ0v) is 15.6. The molecule has 1 saturated carbocycles. The quantitative estimate of drug-likeness (QED) is 0.763. The van der Waals surface area contributed by atoms with E-state index in [0.29, 0.717) is 36.0 Å². The van der Waals surface area contributed by atoms with Crippen LogP contribution in [0.25, 0.3) is 11.5 Å². The van der Waals surface area contributed by atoms with Gasteiger partial charge in [-0.05, 0) is 51.2 Å². The van der Waals surface area contributed by atoms with Gasteiger partial charge in [0.1, 0.15) is 17.7 Å². The van der Waals surface area contributed by atoms with Crippen LogP contribution < -0.4 is 0 Å². The van der Waals surface area contributed by atoms with Gasteiger partial charge in [0.2, 0.25) is 0 Å². The SMILES string of the molecule is CC(C)n1cnnc1-c1cccc(C(=O)CCC(O)C2CCCCC2)n1. The van der Waals surface area contributed by atoms with Gasteiger partial charge in [0.05, 0.1) is 6.10 Å². The van der Waals surface area contributed by atoms with Crippen molar-refractivity contribution < 1.29 is 9.90 Å². The molecule has 0 saturated heterocycles. The average molecular weight is 356 g/mol. The van der Waals surface area contributed by atoms with Gasteiger partial charge in [-0.1, -0.05) is 25.3 Å². The van der Waals surface area contributed by atoms with Gasteiger partial charge in [-0.3, -0.25) is 4.79 Å². The van der Waals surface area contributed by atoms with E-state index in [0.717, 1.165) is 12.8 Å². The minimum Gasteiger partial charge on any atom is -0.393 e. The predicted octanol–water partition coefficient (Wildman–Crippen LogP) is 3.83. The number of aliphatic hydroxyl groups is 1. The fraction of sp³-hybridized carbons (Fsp3) is 0.600. The highest BCUT2D eigenvalue weighted by molar-refractivity contribution is 5.94. The number of carbonyl (C=O) groups excluding carboxylic acids is 1. The van der Waals surface area contributed by atoms with Gasteiger partial charge in [-0.15, -0.1) is 10.2 Å². The van der Waals surface area contributed by atoms with Crippen LogP contribution in [-0.2, 0) is 0 Å². The lowest BCUT2D eigenvalue weighted by atomic mass is 9.83. The van der Waals surface area contributed by atoms with Crippen molar-refractivity contribution in [2.45, 2.75) is 70.9 Å². The Morgan fingerprint density at radius 2 is 2.04 bits per heavy atom. The van der Waals surface area contributed by atoms with E-state index >= 15 is 0 Å². The Hall–Kier alpha value is -2.08. The van der Waals surface area contributed by atoms with E-state index in [1.807, 2.05) is 16.7 Å². The summed E-state index contributed by atoms with van der Waals surface area (Å²) in [4.78, 5) is 17.1. The van der Waals surface area contributed by atoms with E-state index in [9.17, 15) is 9.90 Å². The second-order valence-electron chi connectivity index (χ2n) is 7.49. The van der Waals surface area contributed by atoms with E-state index in [2.05, 4.69) is 29.0 Å². The van der Waals surface area contributed by atoms with Gasteiger partial charge < -0.3 is 9.67 Å². The molecule has 2 aromatic rings. The number of hydrogen-bond acceptors (Lipinski definition) is 5. The molecule has 140 valence electrons. The Labute approximate surface area is 154 Å². The first-order valence-electron chi connectivity index (χ1n) is 9.64. The molecule has 0 radical (unpaired) electrons. The molecular weight excluding hydrogens is 328 g/mol. The Balaban J connectivity index is 1.65. The fourth-order valence-corrected chi connectivity index (χ4v) is 3.68. The number of aliphatic hydroxyl groups excluding tert-OH is 1. The highest BCUT2D eigenvalue weighted by Gasteiger charge is 2.23. The maximum Gasteiger partial charge on any atom is 0.182 e. The Morgan fingerprint density at radius 3 is 2.77 bits per heavy atom. The third-order valence-corrected chi connectivity index (χ3v) is 5.25. The molecule has 1 N–H and O–H groups in total. The van der Waals surface area contributed by atoms with Gasteiger partial charge in [0.15, 0.2) is 11.6 Å². The van der Waals surface area contributed by atoms with Crippen molar-refractivity contribution in [2.24, 2.45) is 5.92 Å². The number of rotatable bonds is 7. The first kappa shape index (κ1) is 18.7. The van der Waals surface area contributed by atoms with Crippen molar-refractivity contribution in [2.75, 3.05) is 0 Å². The molecule has 6 heteroatoms. The average Bonchev–Trinajstić information content (AvgIpc) is 3.17. The molecule has 0 bridgehead atoms. The van der Waals surface area contributed by atoms with Crippen molar-refractivity contribution in [3.05, 3.63) is 30.2 Å². The van der Waals surface area contributed by atoms with E-state index in [1.165, 1.54) is 19.3 Å². The number of aromatic nitrogens is 4. The van der Waals surface area contributed by atoms with E-state index < -0.39 is 0 Å². The van der Waals surface area contributed by atoms with Gasteiger partial charge in [-0.25, -0.2) is 4.98 Å². The second kappa shape index (κ2) is 8.54. The van der Waals surface area contributed by atoms with Crippen LogP contribution in [0.1, 0.15) is 75.3 Å². The van der Waals surface area contributed by atoms with Crippen LogP contribution in [-0.4, -0.2) is 36.7 Å². The molecule has 0 aromatic carbocycles. The summed E-state index contributed by atoms with van der Waals surface area (Å²) in [5.41, 5.74) is 1.08. The molecule has 0 spiro atoms. The normalized spacial score (nSPS) is 16.8. The molecule has 0 amide bonds. The van der Waals surface area contributed by atoms with Crippen molar-refractivity contribution in [3.8, 4) is 11.5 Å². The van der Waals surface area contributed by atoms with E-state index in [-0.39, 0.29) is 17.9 Å². The van der Waals surface area contributed by atoms with Gasteiger partial charge in [-0.2, -0.15) is 0 Å². The standard InChI is InChI=1S/C20H28N4O2/c1-14(2)24-13-21-23-20(24)17-10-6-9-16(22-17)19(26)12-11-18(25)15-7-4-3-5-8-15/h6,9-10,13-15,18,25H,3-5,7-8,11-12H2,1-2H3. The second-order valence-corrected chi connectivity index (χ2v) is 7.49. The number of Topliss-reactive ketones (excluding diaryl/α,β-unsaturated/α-hetero) is 1. The van der Waals surface area contributed by atoms with Crippen LogP contribution in [0.15, 0.2) is 24.5 Å². The molecule has 2 heterocycles. The molecule has 1 aliphatic rings. The summed E-state index contributed by atoms with van der Waals surface area (Å²) in [6, 6.07) is 5.62. The zero-order valence-electron chi connectivity index (χ0n) is 15.6. The molecule has 2 aromatic heterocycles. The molecule has 1 fully saturated rings. The van der Waals surface area contributed by atoms with Crippen LogP contribution in [0.3, 0.4) is 0 Å². The van der Waals surface area contributed by atoms with Crippen LogP contribution in [0.4, 0.5) is 0 Å². The highest BCUT2D eigenvalue weighted by Crippen LogP contribution is 2.28. The van der Waals surface area contributed by atoms with Crippen molar-refractivity contribution in [1.82, 2.24) is 19.7 Å². The Morgan fingerprint density at radius 1 is 1.27 bits per heavy atom. The van der Waals surface area contributed by atoms with E-state index in [1.54, 1.807) is 12.4 Å². The summed E-state index contributed by atoms with van der Waals surface area (Å²) in [7, 11) is 0. The van der Waals surface area contributed by atoms with Crippen molar-refractivity contribution >= 4 is 5.78 Å². The first-order chi connectivity index (χ1) is 12.6. The van der Waals surface area contributed by atoms with Crippen LogP contribution in [0.5, 0.6) is 0 Å². The molecule has 1 aliphatic carbocycles. The van der Waals surface area contributed by atoms with Crippen molar-refractivity contribution in [3.63, 3.8) is 0 Å². The van der Waals surface area contributed by atoms with Gasteiger partial charge in [0, 0.05) is 12.5 Å². The van der Waals surface area contributed by atoms with Crippen LogP contribution in [0.2, 0.25) is 0 Å². The van der Waals surface area contributed by atoms with E-state index in [4.69, 9.17) is 0 Å². The van der Waals surface area contributed by atoms with Gasteiger partial charge >= 0.3 is 0 Å². The van der Waals surface area contributed by atoms with Crippen LogP contribution in [0, 0.1) is 5.92 Å². The van der Waals surface area contributed by atoms with Crippen molar-refractivity contribution in [1.29, 1.82) is 0 Å². The number of hydrogen-bond donors (Lipinski definition) is 1. The molecule has 0 aliphatic heterocycles. The summed E-state index contributed by atoms with van der Waals surface area (Å²) in [5.74, 6) is 0.981. The minimum atomic E-state index is -0.383. The largest absolute Gasteiger partial charge is 0.393 e. The first-order valence-corrected chi connectivity index (χ1v) is 9.64. The summed E-state index contributed by atoms with van der Waals surface area (Å²) in [6.07, 6.45) is 7.93. The fourth-order valence-electron chi connectivity index (χ4n) is 3.68. The molecule has 26 heavy (non-hydrogen) atoms.